The van der Waals surface area contributed by atoms with Crippen LogP contribution in [0.3, 0.4) is 0 Å². The summed E-state index contributed by atoms with van der Waals surface area (Å²) in [7, 11) is 4.16. The Bertz CT molecular complexity index is 354. The topological polar surface area (TPSA) is 15.3 Å². The standard InChI is InChI=1S/C16H28N2/c1-7-13(2)14-8-10-15(11-9-14)18(6)16(3,4)12-17-5/h8-11,13,17H,7,12H2,1-6H3. The number of rotatable bonds is 6. The minimum atomic E-state index is 0.118. The second-order valence-electron chi connectivity index (χ2n) is 5.80. The van der Waals surface area contributed by atoms with Gasteiger partial charge >= 0.3 is 0 Å². The molecule has 0 saturated heterocycles. The van der Waals surface area contributed by atoms with Gasteiger partial charge < -0.3 is 10.2 Å². The molecule has 1 atom stereocenters. The van der Waals surface area contributed by atoms with Gasteiger partial charge in [0.05, 0.1) is 0 Å². The van der Waals surface area contributed by atoms with Gasteiger partial charge in [0.25, 0.3) is 0 Å². The van der Waals surface area contributed by atoms with Gasteiger partial charge in [-0.1, -0.05) is 26.0 Å². The fourth-order valence-electron chi connectivity index (χ4n) is 2.16. The molecule has 0 aliphatic heterocycles. The maximum atomic E-state index is 3.26. The average molecular weight is 248 g/mol. The largest absolute Gasteiger partial charge is 0.368 e. The zero-order valence-corrected chi connectivity index (χ0v) is 12.7. The quantitative estimate of drug-likeness (QED) is 0.827. The van der Waals surface area contributed by atoms with Gasteiger partial charge in [0, 0.05) is 24.8 Å². The van der Waals surface area contributed by atoms with Crippen molar-refractivity contribution in [2.24, 2.45) is 0 Å². The molecule has 18 heavy (non-hydrogen) atoms. The molecule has 1 aromatic carbocycles. The summed E-state index contributed by atoms with van der Waals surface area (Å²) in [5.74, 6) is 0.648. The van der Waals surface area contributed by atoms with E-state index in [1.54, 1.807) is 0 Å². The van der Waals surface area contributed by atoms with Crippen molar-refractivity contribution in [3.05, 3.63) is 29.8 Å². The molecular weight excluding hydrogens is 220 g/mol. The van der Waals surface area contributed by atoms with Crippen molar-refractivity contribution < 1.29 is 0 Å². The van der Waals surface area contributed by atoms with Crippen LogP contribution in [0.15, 0.2) is 24.3 Å². The van der Waals surface area contributed by atoms with Crippen molar-refractivity contribution >= 4 is 5.69 Å². The van der Waals surface area contributed by atoms with E-state index in [-0.39, 0.29) is 5.54 Å². The van der Waals surface area contributed by atoms with Crippen molar-refractivity contribution in [2.45, 2.75) is 45.6 Å². The van der Waals surface area contributed by atoms with Crippen molar-refractivity contribution in [2.75, 3.05) is 25.5 Å². The van der Waals surface area contributed by atoms with Gasteiger partial charge in [0.2, 0.25) is 0 Å². The van der Waals surface area contributed by atoms with Crippen LogP contribution in [0.5, 0.6) is 0 Å². The van der Waals surface area contributed by atoms with Gasteiger partial charge in [-0.05, 0) is 50.9 Å². The van der Waals surface area contributed by atoms with Crippen LogP contribution in [0.25, 0.3) is 0 Å². The lowest BCUT2D eigenvalue weighted by molar-refractivity contribution is 0.463. The average Bonchev–Trinajstić information content (AvgIpc) is 2.37. The number of likely N-dealkylation sites (N-methyl/N-ethyl adjacent to an activating group) is 2. The Kier molecular flexibility index (Phi) is 5.21. The Morgan fingerprint density at radius 1 is 1.22 bits per heavy atom. The highest BCUT2D eigenvalue weighted by Gasteiger charge is 2.22. The molecule has 1 rings (SSSR count). The minimum absolute atomic E-state index is 0.118. The summed E-state index contributed by atoms with van der Waals surface area (Å²) in [5.41, 5.74) is 2.83. The molecule has 2 nitrogen and oxygen atoms in total. The first-order chi connectivity index (χ1) is 8.42. The van der Waals surface area contributed by atoms with Crippen molar-refractivity contribution in [3.63, 3.8) is 0 Å². The van der Waals surface area contributed by atoms with Gasteiger partial charge in [-0.2, -0.15) is 0 Å². The molecule has 2 heteroatoms. The molecular formula is C16H28N2. The SMILES string of the molecule is CCC(C)c1ccc(N(C)C(C)(C)CNC)cc1. The maximum Gasteiger partial charge on any atom is 0.0466 e. The van der Waals surface area contributed by atoms with Crippen LogP contribution in [0, 0.1) is 0 Å². The van der Waals surface area contributed by atoms with Gasteiger partial charge in [-0.3, -0.25) is 0 Å². The monoisotopic (exact) mass is 248 g/mol. The Balaban J connectivity index is 2.85. The molecule has 0 saturated carbocycles. The van der Waals surface area contributed by atoms with E-state index in [4.69, 9.17) is 0 Å². The van der Waals surface area contributed by atoms with E-state index in [0.29, 0.717) is 5.92 Å². The third kappa shape index (κ3) is 3.49. The zero-order chi connectivity index (χ0) is 13.8. The summed E-state index contributed by atoms with van der Waals surface area (Å²) in [6.45, 7) is 10.00. The summed E-state index contributed by atoms with van der Waals surface area (Å²) < 4.78 is 0. The fourth-order valence-corrected chi connectivity index (χ4v) is 2.16. The molecule has 0 spiro atoms. The number of nitrogens with one attached hydrogen (secondary N) is 1. The molecule has 0 fully saturated rings. The molecule has 0 radical (unpaired) electrons. The van der Waals surface area contributed by atoms with Crippen LogP contribution < -0.4 is 10.2 Å². The van der Waals surface area contributed by atoms with Gasteiger partial charge in [-0.25, -0.2) is 0 Å². The summed E-state index contributed by atoms with van der Waals surface area (Å²) in [6, 6.07) is 8.99. The molecule has 0 amide bonds. The summed E-state index contributed by atoms with van der Waals surface area (Å²) in [4.78, 5) is 2.34. The molecule has 0 aliphatic rings. The molecule has 0 bridgehead atoms. The molecule has 0 aromatic heterocycles. The Hall–Kier alpha value is -1.02. The third-order valence-electron chi connectivity index (χ3n) is 3.98. The van der Waals surface area contributed by atoms with E-state index >= 15 is 0 Å². The fraction of sp³-hybridized carbons (Fsp3) is 0.625. The van der Waals surface area contributed by atoms with Crippen molar-refractivity contribution in [1.29, 1.82) is 0 Å². The van der Waals surface area contributed by atoms with E-state index in [9.17, 15) is 0 Å². The van der Waals surface area contributed by atoms with Crippen molar-refractivity contribution in [3.8, 4) is 0 Å². The van der Waals surface area contributed by atoms with Crippen LogP contribution in [0.2, 0.25) is 0 Å². The minimum Gasteiger partial charge on any atom is -0.368 e. The summed E-state index contributed by atoms with van der Waals surface area (Å²) in [5, 5.41) is 3.26. The Labute approximate surface area is 112 Å². The van der Waals surface area contributed by atoms with Crippen LogP contribution in [0.1, 0.15) is 45.6 Å². The lowest BCUT2D eigenvalue weighted by Gasteiger charge is -2.37. The molecule has 0 aliphatic carbocycles. The third-order valence-corrected chi connectivity index (χ3v) is 3.98. The highest BCUT2D eigenvalue weighted by atomic mass is 15.2. The van der Waals surface area contributed by atoms with Crippen LogP contribution in [0.4, 0.5) is 5.69 Å². The second kappa shape index (κ2) is 6.24. The van der Waals surface area contributed by atoms with E-state index in [0.717, 1.165) is 6.54 Å². The van der Waals surface area contributed by atoms with E-state index in [1.807, 2.05) is 7.05 Å². The Morgan fingerprint density at radius 3 is 2.22 bits per heavy atom. The van der Waals surface area contributed by atoms with E-state index in [2.05, 4.69) is 69.2 Å². The normalized spacial score (nSPS) is 13.4. The molecule has 1 aromatic rings. The highest BCUT2D eigenvalue weighted by Crippen LogP contribution is 2.25. The number of benzene rings is 1. The summed E-state index contributed by atoms with van der Waals surface area (Å²) >= 11 is 0. The first-order valence-electron chi connectivity index (χ1n) is 6.90. The zero-order valence-electron chi connectivity index (χ0n) is 12.7. The highest BCUT2D eigenvalue weighted by molar-refractivity contribution is 5.49. The number of hydrogen-bond acceptors (Lipinski definition) is 2. The van der Waals surface area contributed by atoms with Crippen molar-refractivity contribution in [1.82, 2.24) is 5.32 Å². The van der Waals surface area contributed by atoms with E-state index < -0.39 is 0 Å². The smallest absolute Gasteiger partial charge is 0.0466 e. The van der Waals surface area contributed by atoms with Crippen LogP contribution in [-0.2, 0) is 0 Å². The second-order valence-corrected chi connectivity index (χ2v) is 5.80. The summed E-state index contributed by atoms with van der Waals surface area (Å²) in [6.07, 6.45) is 1.19. The lowest BCUT2D eigenvalue weighted by Crippen LogP contribution is -2.48. The molecule has 102 valence electrons. The number of hydrogen-bond donors (Lipinski definition) is 1. The van der Waals surface area contributed by atoms with Crippen LogP contribution >= 0.6 is 0 Å². The number of anilines is 1. The first kappa shape index (κ1) is 15.0. The first-order valence-corrected chi connectivity index (χ1v) is 6.90. The molecule has 1 unspecified atom stereocenters. The van der Waals surface area contributed by atoms with Gasteiger partial charge in [0.1, 0.15) is 0 Å². The lowest BCUT2D eigenvalue weighted by atomic mass is 9.97. The maximum absolute atomic E-state index is 3.26. The molecule has 0 heterocycles. The van der Waals surface area contributed by atoms with Crippen LogP contribution in [-0.4, -0.2) is 26.2 Å². The predicted molar refractivity (Wildman–Crippen MR) is 81.6 cm³/mol. The van der Waals surface area contributed by atoms with E-state index in [1.165, 1.54) is 17.7 Å². The molecule has 1 N–H and O–H groups in total. The Morgan fingerprint density at radius 2 is 1.78 bits per heavy atom. The van der Waals surface area contributed by atoms with Gasteiger partial charge in [-0.15, -0.1) is 0 Å². The number of nitrogens with zero attached hydrogens (tertiary/aromatic N) is 1. The van der Waals surface area contributed by atoms with Gasteiger partial charge in [0.15, 0.2) is 0 Å². The predicted octanol–water partition coefficient (Wildman–Crippen LogP) is 3.63.